The molecule has 1 aromatic carbocycles. The van der Waals surface area contributed by atoms with Crippen molar-refractivity contribution in [2.24, 2.45) is 11.8 Å². The molecule has 1 nitrogen and oxygen atoms in total. The maximum absolute atomic E-state index is 14.0. The zero-order valence-electron chi connectivity index (χ0n) is 16.4. The number of benzene rings is 1. The summed E-state index contributed by atoms with van der Waals surface area (Å²) in [5.74, 6) is 1.35. The fraction of sp³-hybridized carbons (Fsp3) is 0.542. The van der Waals surface area contributed by atoms with Crippen molar-refractivity contribution in [2.75, 3.05) is 0 Å². The lowest BCUT2D eigenvalue weighted by Crippen LogP contribution is -2.15. The standard InChI is InChI=1S/C24H31ClFN/c1-2-3-4-5-18-6-8-19(9-7-18)10-11-20-12-14-21(15-13-20)22-16-17-23(25)27-24(22)26/h12-19H,2-11H2,1H3. The molecule has 1 aliphatic carbocycles. The van der Waals surface area contributed by atoms with Crippen molar-refractivity contribution >= 4 is 11.6 Å². The predicted molar refractivity (Wildman–Crippen MR) is 113 cm³/mol. The number of unbranched alkanes of at least 4 members (excludes halogenated alkanes) is 2. The summed E-state index contributed by atoms with van der Waals surface area (Å²) < 4.78 is 14.0. The molecule has 3 rings (SSSR count). The smallest absolute Gasteiger partial charge is 0.207 e. The van der Waals surface area contributed by atoms with E-state index >= 15 is 0 Å². The van der Waals surface area contributed by atoms with Crippen LogP contribution in [0.1, 0.15) is 70.3 Å². The Morgan fingerprint density at radius 1 is 0.926 bits per heavy atom. The molecule has 0 spiro atoms. The first-order chi connectivity index (χ1) is 13.2. The van der Waals surface area contributed by atoms with Gasteiger partial charge in [0, 0.05) is 5.56 Å². The van der Waals surface area contributed by atoms with Crippen molar-refractivity contribution in [3.63, 3.8) is 0 Å². The number of hydrogen-bond acceptors (Lipinski definition) is 1. The Morgan fingerprint density at radius 3 is 2.22 bits per heavy atom. The van der Waals surface area contributed by atoms with Crippen LogP contribution in [0.25, 0.3) is 11.1 Å². The molecule has 0 radical (unpaired) electrons. The molecule has 146 valence electrons. The summed E-state index contributed by atoms with van der Waals surface area (Å²) in [6.45, 7) is 2.28. The van der Waals surface area contributed by atoms with E-state index in [2.05, 4.69) is 24.0 Å². The van der Waals surface area contributed by atoms with Crippen molar-refractivity contribution in [1.29, 1.82) is 0 Å². The number of halogens is 2. The highest BCUT2D eigenvalue weighted by molar-refractivity contribution is 6.29. The van der Waals surface area contributed by atoms with Gasteiger partial charge in [-0.05, 0) is 47.9 Å². The van der Waals surface area contributed by atoms with Gasteiger partial charge in [0.05, 0.1) is 0 Å². The monoisotopic (exact) mass is 387 g/mol. The molecule has 2 aromatic rings. The molecule has 0 amide bonds. The summed E-state index contributed by atoms with van der Waals surface area (Å²) >= 11 is 5.73. The zero-order chi connectivity index (χ0) is 19.1. The second-order valence-corrected chi connectivity index (χ2v) is 8.48. The van der Waals surface area contributed by atoms with Gasteiger partial charge in [-0.15, -0.1) is 0 Å². The Hall–Kier alpha value is -1.41. The summed E-state index contributed by atoms with van der Waals surface area (Å²) in [7, 11) is 0. The first-order valence-electron chi connectivity index (χ1n) is 10.6. The zero-order valence-corrected chi connectivity index (χ0v) is 17.1. The van der Waals surface area contributed by atoms with Gasteiger partial charge in [0.15, 0.2) is 0 Å². The second-order valence-electron chi connectivity index (χ2n) is 8.09. The van der Waals surface area contributed by atoms with Crippen LogP contribution in [0.15, 0.2) is 36.4 Å². The summed E-state index contributed by atoms with van der Waals surface area (Å²) in [5, 5.41) is 0.188. The molecule has 1 aliphatic rings. The van der Waals surface area contributed by atoms with E-state index < -0.39 is 5.95 Å². The highest BCUT2D eigenvalue weighted by Gasteiger charge is 2.20. The largest absolute Gasteiger partial charge is 0.222 e. The van der Waals surface area contributed by atoms with Crippen LogP contribution in [-0.4, -0.2) is 4.98 Å². The maximum Gasteiger partial charge on any atom is 0.222 e. The molecular formula is C24H31ClFN. The van der Waals surface area contributed by atoms with E-state index in [1.807, 2.05) is 12.1 Å². The molecule has 1 heterocycles. The molecule has 3 heteroatoms. The molecule has 1 saturated carbocycles. The predicted octanol–water partition coefficient (Wildman–Crippen LogP) is 7.86. The lowest BCUT2D eigenvalue weighted by Gasteiger charge is -2.28. The van der Waals surface area contributed by atoms with E-state index in [1.54, 1.807) is 12.1 Å². The Bertz CT molecular complexity index is 705. The van der Waals surface area contributed by atoms with Gasteiger partial charge < -0.3 is 0 Å². The summed E-state index contributed by atoms with van der Waals surface area (Å²) in [4.78, 5) is 3.70. The van der Waals surface area contributed by atoms with E-state index in [4.69, 9.17) is 11.6 Å². The van der Waals surface area contributed by atoms with Crippen LogP contribution in [0.4, 0.5) is 4.39 Å². The highest BCUT2D eigenvalue weighted by Crippen LogP contribution is 2.34. The van der Waals surface area contributed by atoms with Crippen LogP contribution < -0.4 is 0 Å². The van der Waals surface area contributed by atoms with Crippen LogP contribution in [0, 0.1) is 17.8 Å². The minimum absolute atomic E-state index is 0.188. The molecule has 0 bridgehead atoms. The Kier molecular flexibility index (Phi) is 7.70. The minimum atomic E-state index is -0.508. The van der Waals surface area contributed by atoms with Crippen molar-refractivity contribution in [2.45, 2.75) is 71.1 Å². The third-order valence-electron chi connectivity index (χ3n) is 6.10. The normalized spacial score (nSPS) is 20.0. The minimum Gasteiger partial charge on any atom is -0.207 e. The third-order valence-corrected chi connectivity index (χ3v) is 6.31. The van der Waals surface area contributed by atoms with Gasteiger partial charge in [-0.1, -0.05) is 94.2 Å². The average Bonchev–Trinajstić information content (AvgIpc) is 2.68. The Morgan fingerprint density at radius 2 is 1.59 bits per heavy atom. The lowest BCUT2D eigenvalue weighted by molar-refractivity contribution is 0.249. The molecular weight excluding hydrogens is 357 g/mol. The number of nitrogens with zero attached hydrogens (tertiary/aromatic N) is 1. The number of aryl methyl sites for hydroxylation is 1. The van der Waals surface area contributed by atoms with Crippen molar-refractivity contribution < 1.29 is 4.39 Å². The van der Waals surface area contributed by atoms with Crippen LogP contribution in [0.5, 0.6) is 0 Å². The number of hydrogen-bond donors (Lipinski definition) is 0. The van der Waals surface area contributed by atoms with Crippen LogP contribution in [-0.2, 0) is 6.42 Å². The maximum atomic E-state index is 14.0. The summed E-state index contributed by atoms with van der Waals surface area (Å²) in [6, 6.07) is 11.6. The lowest BCUT2D eigenvalue weighted by atomic mass is 9.78. The molecule has 0 unspecified atom stereocenters. The fourth-order valence-electron chi connectivity index (χ4n) is 4.34. The first kappa shape index (κ1) is 20.3. The number of aromatic nitrogens is 1. The van der Waals surface area contributed by atoms with Gasteiger partial charge in [0.25, 0.3) is 0 Å². The summed E-state index contributed by atoms with van der Waals surface area (Å²) in [6.07, 6.45) is 13.6. The van der Waals surface area contributed by atoms with E-state index in [0.29, 0.717) is 5.56 Å². The highest BCUT2D eigenvalue weighted by atomic mass is 35.5. The van der Waals surface area contributed by atoms with Gasteiger partial charge >= 0.3 is 0 Å². The van der Waals surface area contributed by atoms with Gasteiger partial charge in [-0.2, -0.15) is 4.39 Å². The molecule has 0 saturated heterocycles. The van der Waals surface area contributed by atoms with E-state index in [-0.39, 0.29) is 5.15 Å². The van der Waals surface area contributed by atoms with Crippen molar-refractivity contribution in [1.82, 2.24) is 4.98 Å². The number of pyridine rings is 1. The van der Waals surface area contributed by atoms with Gasteiger partial charge in [-0.25, -0.2) is 4.98 Å². The van der Waals surface area contributed by atoms with E-state index in [0.717, 1.165) is 23.8 Å². The first-order valence-corrected chi connectivity index (χ1v) is 10.9. The molecule has 1 aromatic heterocycles. The second kappa shape index (κ2) is 10.2. The average molecular weight is 388 g/mol. The van der Waals surface area contributed by atoms with E-state index in [9.17, 15) is 4.39 Å². The van der Waals surface area contributed by atoms with Crippen LogP contribution in [0.3, 0.4) is 0 Å². The Balaban J connectivity index is 1.46. The van der Waals surface area contributed by atoms with Gasteiger partial charge in [-0.3, -0.25) is 0 Å². The van der Waals surface area contributed by atoms with Crippen LogP contribution >= 0.6 is 11.6 Å². The molecule has 27 heavy (non-hydrogen) atoms. The molecule has 0 aliphatic heterocycles. The van der Waals surface area contributed by atoms with Gasteiger partial charge in [0.2, 0.25) is 5.95 Å². The topological polar surface area (TPSA) is 12.9 Å². The van der Waals surface area contributed by atoms with Crippen molar-refractivity contribution in [3.05, 3.63) is 53.1 Å². The molecule has 1 fully saturated rings. The van der Waals surface area contributed by atoms with Crippen LogP contribution in [0.2, 0.25) is 5.15 Å². The fourth-order valence-corrected chi connectivity index (χ4v) is 4.48. The van der Waals surface area contributed by atoms with E-state index in [1.165, 1.54) is 63.4 Å². The Labute approximate surface area is 168 Å². The summed E-state index contributed by atoms with van der Waals surface area (Å²) in [5.41, 5.74) is 2.70. The third kappa shape index (κ3) is 6.04. The van der Waals surface area contributed by atoms with Gasteiger partial charge in [0.1, 0.15) is 5.15 Å². The quantitative estimate of drug-likeness (QED) is 0.331. The number of rotatable bonds is 8. The van der Waals surface area contributed by atoms with Crippen molar-refractivity contribution in [3.8, 4) is 11.1 Å². The molecule has 0 N–H and O–H groups in total. The SMILES string of the molecule is CCCCCC1CCC(CCc2ccc(-c3ccc(Cl)nc3F)cc2)CC1. The molecule has 0 atom stereocenters.